The van der Waals surface area contributed by atoms with Gasteiger partial charge >= 0.3 is 6.09 Å². The molecular weight excluding hydrogens is 230 g/mol. The number of nitrogens with one attached hydrogen (secondary N) is 2. The first kappa shape index (κ1) is 11.0. The molecule has 5 heteroatoms. The van der Waals surface area contributed by atoms with E-state index in [2.05, 4.69) is 15.6 Å². The van der Waals surface area contributed by atoms with Gasteiger partial charge in [-0.1, -0.05) is 0 Å². The van der Waals surface area contributed by atoms with Crippen molar-refractivity contribution >= 4 is 17.0 Å². The molecular formula is C13H13N3O2. The second-order valence-corrected chi connectivity index (χ2v) is 4.16. The standard InChI is InChI=1S/C13H13N3O2/c1-14-13(17)18-12-9-3-2-4-16-11(9)5-8-6-15-7-10(8)12/h2-5,15H,6-7H2,1H3,(H,14,17). The van der Waals surface area contributed by atoms with Crippen molar-refractivity contribution < 1.29 is 9.53 Å². The maximum absolute atomic E-state index is 11.5. The Hall–Kier alpha value is -2.14. The van der Waals surface area contributed by atoms with E-state index in [1.807, 2.05) is 18.2 Å². The van der Waals surface area contributed by atoms with E-state index in [4.69, 9.17) is 4.74 Å². The molecule has 0 unspecified atom stereocenters. The summed E-state index contributed by atoms with van der Waals surface area (Å²) in [6.45, 7) is 1.50. The summed E-state index contributed by atoms with van der Waals surface area (Å²) in [5.74, 6) is 0.611. The normalized spacial score (nSPS) is 13.4. The van der Waals surface area contributed by atoms with Gasteiger partial charge in [0.1, 0.15) is 5.75 Å². The lowest BCUT2D eigenvalue weighted by Crippen LogP contribution is -2.22. The van der Waals surface area contributed by atoms with Crippen LogP contribution in [0.3, 0.4) is 0 Å². The Bertz CT molecular complexity index is 625. The topological polar surface area (TPSA) is 63.2 Å². The molecule has 0 aliphatic carbocycles. The molecule has 1 aromatic carbocycles. The third kappa shape index (κ3) is 1.69. The summed E-state index contributed by atoms with van der Waals surface area (Å²) in [7, 11) is 1.55. The lowest BCUT2D eigenvalue weighted by molar-refractivity contribution is 0.203. The van der Waals surface area contributed by atoms with Crippen LogP contribution in [-0.4, -0.2) is 18.1 Å². The SMILES string of the molecule is CNC(=O)Oc1c2c(cc3ncccc13)CNC2. The molecule has 2 aromatic rings. The molecule has 0 bridgehead atoms. The van der Waals surface area contributed by atoms with Gasteiger partial charge in [-0.3, -0.25) is 4.98 Å². The van der Waals surface area contributed by atoms with E-state index in [0.717, 1.165) is 28.6 Å². The van der Waals surface area contributed by atoms with Gasteiger partial charge < -0.3 is 15.4 Å². The molecule has 2 N–H and O–H groups in total. The van der Waals surface area contributed by atoms with Crippen LogP contribution in [0.15, 0.2) is 24.4 Å². The Morgan fingerprint density at radius 1 is 1.50 bits per heavy atom. The van der Waals surface area contributed by atoms with Gasteiger partial charge in [0, 0.05) is 37.3 Å². The van der Waals surface area contributed by atoms with Gasteiger partial charge in [-0.25, -0.2) is 4.79 Å². The summed E-state index contributed by atoms with van der Waals surface area (Å²) < 4.78 is 5.39. The summed E-state index contributed by atoms with van der Waals surface area (Å²) in [4.78, 5) is 15.8. The molecule has 0 atom stereocenters. The third-order valence-electron chi connectivity index (χ3n) is 3.07. The number of carbonyl (C=O) groups is 1. The van der Waals surface area contributed by atoms with Crippen molar-refractivity contribution in [2.75, 3.05) is 7.05 Å². The van der Waals surface area contributed by atoms with Crippen LogP contribution in [0, 0.1) is 0 Å². The van der Waals surface area contributed by atoms with Crippen LogP contribution in [0.25, 0.3) is 10.9 Å². The molecule has 18 heavy (non-hydrogen) atoms. The summed E-state index contributed by atoms with van der Waals surface area (Å²) in [6.07, 6.45) is 1.28. The van der Waals surface area contributed by atoms with Crippen molar-refractivity contribution in [1.82, 2.24) is 15.6 Å². The zero-order valence-electron chi connectivity index (χ0n) is 9.99. The predicted octanol–water partition coefficient (Wildman–Crippen LogP) is 1.56. The van der Waals surface area contributed by atoms with Gasteiger partial charge in [0.05, 0.1) is 5.52 Å². The van der Waals surface area contributed by atoms with Crippen molar-refractivity contribution in [1.29, 1.82) is 0 Å². The Balaban J connectivity index is 2.22. The minimum Gasteiger partial charge on any atom is -0.409 e. The predicted molar refractivity (Wildman–Crippen MR) is 67.4 cm³/mol. The number of hydrogen-bond donors (Lipinski definition) is 2. The average Bonchev–Trinajstić information content (AvgIpc) is 2.86. The molecule has 0 saturated heterocycles. The second kappa shape index (κ2) is 4.27. The van der Waals surface area contributed by atoms with Gasteiger partial charge in [-0.15, -0.1) is 0 Å². The molecule has 1 amide bonds. The Morgan fingerprint density at radius 3 is 3.22 bits per heavy atom. The van der Waals surface area contributed by atoms with Crippen molar-refractivity contribution in [3.8, 4) is 5.75 Å². The summed E-state index contributed by atoms with van der Waals surface area (Å²) in [5, 5.41) is 6.59. The summed E-state index contributed by atoms with van der Waals surface area (Å²) in [6, 6.07) is 5.80. The zero-order chi connectivity index (χ0) is 12.5. The highest BCUT2D eigenvalue weighted by Crippen LogP contribution is 2.34. The lowest BCUT2D eigenvalue weighted by atomic mass is 10.0. The van der Waals surface area contributed by atoms with Crippen LogP contribution in [0.5, 0.6) is 5.75 Å². The number of aromatic nitrogens is 1. The Kier molecular flexibility index (Phi) is 2.60. The number of benzene rings is 1. The molecule has 1 aliphatic heterocycles. The highest BCUT2D eigenvalue weighted by Gasteiger charge is 2.20. The van der Waals surface area contributed by atoms with Gasteiger partial charge in [-0.2, -0.15) is 0 Å². The van der Waals surface area contributed by atoms with Crippen LogP contribution < -0.4 is 15.4 Å². The van der Waals surface area contributed by atoms with Gasteiger partial charge in [0.15, 0.2) is 0 Å². The molecule has 0 saturated carbocycles. The number of carbonyl (C=O) groups excluding carboxylic acids is 1. The molecule has 1 aliphatic rings. The molecule has 0 spiro atoms. The van der Waals surface area contributed by atoms with Crippen LogP contribution in [-0.2, 0) is 13.1 Å². The van der Waals surface area contributed by atoms with Crippen LogP contribution >= 0.6 is 0 Å². The van der Waals surface area contributed by atoms with Crippen molar-refractivity contribution in [2.24, 2.45) is 0 Å². The van der Waals surface area contributed by atoms with Crippen molar-refractivity contribution in [3.63, 3.8) is 0 Å². The fourth-order valence-electron chi connectivity index (χ4n) is 2.22. The minimum absolute atomic E-state index is 0.458. The number of amides is 1. The Labute approximate surface area is 104 Å². The molecule has 1 aromatic heterocycles. The highest BCUT2D eigenvalue weighted by molar-refractivity contribution is 5.90. The van der Waals surface area contributed by atoms with E-state index in [9.17, 15) is 4.79 Å². The van der Waals surface area contributed by atoms with E-state index in [1.54, 1.807) is 13.2 Å². The number of rotatable bonds is 1. The van der Waals surface area contributed by atoms with Crippen LogP contribution in [0.1, 0.15) is 11.1 Å². The second-order valence-electron chi connectivity index (χ2n) is 4.16. The van der Waals surface area contributed by atoms with E-state index < -0.39 is 6.09 Å². The number of ether oxygens (including phenoxy) is 1. The van der Waals surface area contributed by atoms with Crippen LogP contribution in [0.2, 0.25) is 0 Å². The fourth-order valence-corrected chi connectivity index (χ4v) is 2.22. The average molecular weight is 243 g/mol. The van der Waals surface area contributed by atoms with Gasteiger partial charge in [0.2, 0.25) is 0 Å². The van der Waals surface area contributed by atoms with E-state index in [1.165, 1.54) is 0 Å². The lowest BCUT2D eigenvalue weighted by Gasteiger charge is -2.11. The number of fused-ring (bicyclic) bond motifs is 2. The van der Waals surface area contributed by atoms with E-state index >= 15 is 0 Å². The van der Waals surface area contributed by atoms with Crippen molar-refractivity contribution in [3.05, 3.63) is 35.5 Å². The molecule has 92 valence electrons. The monoisotopic (exact) mass is 243 g/mol. The molecule has 5 nitrogen and oxygen atoms in total. The summed E-state index contributed by atoms with van der Waals surface area (Å²) in [5.41, 5.74) is 3.03. The number of pyridine rings is 1. The molecule has 3 rings (SSSR count). The summed E-state index contributed by atoms with van der Waals surface area (Å²) >= 11 is 0. The van der Waals surface area contributed by atoms with Gasteiger partial charge in [0.25, 0.3) is 0 Å². The van der Waals surface area contributed by atoms with Crippen LogP contribution in [0.4, 0.5) is 4.79 Å². The van der Waals surface area contributed by atoms with E-state index in [0.29, 0.717) is 12.3 Å². The zero-order valence-corrected chi connectivity index (χ0v) is 9.99. The maximum Gasteiger partial charge on any atom is 0.412 e. The highest BCUT2D eigenvalue weighted by atomic mass is 16.6. The first-order valence-electron chi connectivity index (χ1n) is 5.79. The molecule has 2 heterocycles. The third-order valence-corrected chi connectivity index (χ3v) is 3.07. The molecule has 0 radical (unpaired) electrons. The first-order chi connectivity index (χ1) is 8.79. The first-order valence-corrected chi connectivity index (χ1v) is 5.79. The smallest absolute Gasteiger partial charge is 0.409 e. The fraction of sp³-hybridized carbons (Fsp3) is 0.231. The van der Waals surface area contributed by atoms with E-state index in [-0.39, 0.29) is 0 Å². The van der Waals surface area contributed by atoms with Gasteiger partial charge in [-0.05, 0) is 23.8 Å². The Morgan fingerprint density at radius 2 is 2.39 bits per heavy atom. The number of hydrogen-bond acceptors (Lipinski definition) is 4. The van der Waals surface area contributed by atoms with Crippen molar-refractivity contribution in [2.45, 2.75) is 13.1 Å². The number of nitrogens with zero attached hydrogens (tertiary/aromatic N) is 1. The maximum atomic E-state index is 11.5. The minimum atomic E-state index is -0.458. The molecule has 0 fully saturated rings. The quantitative estimate of drug-likeness (QED) is 0.797. The largest absolute Gasteiger partial charge is 0.412 e.